The molecule has 5 rings (SSSR count). The number of aryl methyl sites for hydroxylation is 1. The number of nitrogens with zero attached hydrogens (tertiary/aromatic N) is 6. The molecule has 17 heteroatoms. The number of Topliss-reactive ketones (excluding diaryl/α,β-unsaturated/α-hetero) is 1. The number of carbonyl (C=O) groups excluding carboxylic acids is 2. The summed E-state index contributed by atoms with van der Waals surface area (Å²) in [6.45, 7) is 16.6. The number of unbranched alkanes of at least 4 members (excludes halogenated alkanes) is 1. The van der Waals surface area contributed by atoms with Gasteiger partial charge in [-0.25, -0.2) is 4.90 Å². The van der Waals surface area contributed by atoms with E-state index in [1.807, 2.05) is 70.0 Å². The molecule has 5 N–H and O–H groups in total. The fourth-order valence-corrected chi connectivity index (χ4v) is 9.77. The van der Waals surface area contributed by atoms with Crippen molar-refractivity contribution in [1.29, 1.82) is 5.26 Å². The molecule has 61 heavy (non-hydrogen) atoms. The Hall–Kier alpha value is -3.57. The van der Waals surface area contributed by atoms with Crippen molar-refractivity contribution in [1.82, 2.24) is 30.1 Å². The van der Waals surface area contributed by atoms with Crippen molar-refractivity contribution in [3.63, 3.8) is 0 Å². The molecule has 3 aliphatic heterocycles. The van der Waals surface area contributed by atoms with Gasteiger partial charge in [0.15, 0.2) is 12.1 Å². The zero-order valence-corrected chi connectivity index (χ0v) is 37.7. The largest absolute Gasteiger partial charge is 0.459 e. The number of ether oxygens (including phenoxy) is 5. The molecule has 1 aromatic carbocycles. The normalized spacial score (nSPS) is 37.1. The number of nitrogen functional groups attached to an aromatic ring is 1. The second kappa shape index (κ2) is 20.7. The summed E-state index contributed by atoms with van der Waals surface area (Å²) >= 11 is 0. The number of aliphatic hydroxyl groups is 2. The minimum absolute atomic E-state index is 0.0271. The summed E-state index contributed by atoms with van der Waals surface area (Å²) in [5, 5.41) is 44.8. The van der Waals surface area contributed by atoms with Crippen molar-refractivity contribution in [2.75, 3.05) is 39.5 Å². The third-order valence-electron chi connectivity index (χ3n) is 13.2. The molecule has 1 aromatic heterocycles. The van der Waals surface area contributed by atoms with Gasteiger partial charge in [-0.1, -0.05) is 38.1 Å². The number of methoxy groups -OCH3 is 1. The summed E-state index contributed by atoms with van der Waals surface area (Å²) in [4.78, 5) is 32.2. The predicted molar refractivity (Wildman–Crippen MR) is 227 cm³/mol. The third-order valence-corrected chi connectivity index (χ3v) is 13.2. The lowest BCUT2D eigenvalue weighted by Crippen LogP contribution is -2.61. The molecule has 340 valence electrons. The van der Waals surface area contributed by atoms with Crippen molar-refractivity contribution in [3.8, 4) is 17.3 Å². The Bertz CT molecular complexity index is 1810. The van der Waals surface area contributed by atoms with Crippen LogP contribution < -0.4 is 11.1 Å². The van der Waals surface area contributed by atoms with Crippen molar-refractivity contribution in [2.24, 2.45) is 17.8 Å². The number of esters is 1. The highest BCUT2D eigenvalue weighted by molar-refractivity contribution is 6.00. The number of carbonyl (C=O) groups is 2. The number of aromatic nitrogens is 3. The number of nitriles is 1. The smallest absolute Gasteiger partial charge is 0.316 e. The van der Waals surface area contributed by atoms with Crippen LogP contribution in [0.5, 0.6) is 0 Å². The molecule has 3 saturated heterocycles. The molecule has 0 amide bonds. The van der Waals surface area contributed by atoms with Crippen molar-refractivity contribution in [3.05, 3.63) is 30.5 Å². The van der Waals surface area contributed by atoms with Gasteiger partial charge in [-0.15, -0.1) is 5.10 Å². The van der Waals surface area contributed by atoms with E-state index in [2.05, 4.69) is 28.6 Å². The molecule has 4 heterocycles. The third kappa shape index (κ3) is 11.0. The van der Waals surface area contributed by atoms with E-state index in [9.17, 15) is 25.1 Å². The number of aliphatic hydroxyl groups excluding tert-OH is 2. The van der Waals surface area contributed by atoms with Gasteiger partial charge in [-0.3, -0.25) is 19.2 Å². The number of hydrogen-bond donors (Lipinski definition) is 4. The molecule has 3 fully saturated rings. The Balaban J connectivity index is 1.38. The number of benzene rings is 1. The second-order valence-corrected chi connectivity index (χ2v) is 18.0. The van der Waals surface area contributed by atoms with Gasteiger partial charge in [0.1, 0.15) is 29.4 Å². The minimum Gasteiger partial charge on any atom is -0.459 e. The van der Waals surface area contributed by atoms with E-state index in [4.69, 9.17) is 29.4 Å². The summed E-state index contributed by atoms with van der Waals surface area (Å²) < 4.78 is 33.5. The highest BCUT2D eigenvalue weighted by Gasteiger charge is 2.58. The number of fused-ring (bicyclic) bond motifs is 1. The first-order valence-corrected chi connectivity index (χ1v) is 21.8. The molecule has 0 aliphatic carbocycles. The van der Waals surface area contributed by atoms with Gasteiger partial charge in [0.05, 0.1) is 42.7 Å². The van der Waals surface area contributed by atoms with E-state index >= 15 is 0 Å². The average Bonchev–Trinajstić information content (AvgIpc) is 3.80. The molecular weight excluding hydrogens is 785 g/mol. The first-order valence-electron chi connectivity index (χ1n) is 21.8. The van der Waals surface area contributed by atoms with Crippen LogP contribution in [0.15, 0.2) is 30.5 Å². The number of likely N-dealkylation sites (N-methyl/N-ethyl adjacent to an activating group) is 1. The summed E-state index contributed by atoms with van der Waals surface area (Å²) in [7, 11) is 3.34. The summed E-state index contributed by atoms with van der Waals surface area (Å²) in [6, 6.07) is 8.53. The van der Waals surface area contributed by atoms with Crippen molar-refractivity contribution < 1.29 is 43.5 Å². The predicted octanol–water partition coefficient (Wildman–Crippen LogP) is 3.33. The number of cyclic esters (lactones) is 1. The number of ketones is 1. The van der Waals surface area contributed by atoms with Gasteiger partial charge in [0.25, 0.3) is 0 Å². The van der Waals surface area contributed by atoms with Crippen LogP contribution in [-0.2, 0) is 39.8 Å². The first-order chi connectivity index (χ1) is 28.9. The standard InChI is InChI=1S/C44H70N8O9/c1-11-35-44(8)38(52(42(56)61-44)19-13-12-18-51-25-33(48-49-51)31-15-14-16-32(46)22-31)30(6)47-24-26(2)23-43(7,57-10)39(28(4)36(53)29(5)40(55)59-35)60-41-37(54)34(21-27(3)58-41)50(9)20-17-45/h14-16,22,25-30,34-35,37-39,41-42,47,54,56H,11-13,18-21,23-24,46H2,1-10H3/t26-,27?,28+,29-,30-,34?,35-,37?,38-,39-,41+,42?,43-,44-/m1/s1. The zero-order chi connectivity index (χ0) is 44.8. The van der Waals surface area contributed by atoms with E-state index in [0.29, 0.717) is 51.0 Å². The topological polar surface area (TPSA) is 220 Å². The Labute approximate surface area is 361 Å². The highest BCUT2D eigenvalue weighted by Crippen LogP contribution is 2.41. The van der Waals surface area contributed by atoms with Gasteiger partial charge in [0.2, 0.25) is 6.41 Å². The van der Waals surface area contributed by atoms with Gasteiger partial charge < -0.3 is 44.9 Å². The zero-order valence-electron chi connectivity index (χ0n) is 37.7. The molecule has 0 radical (unpaired) electrons. The van der Waals surface area contributed by atoms with E-state index in [0.717, 1.165) is 17.7 Å². The maximum absolute atomic E-state index is 14.4. The van der Waals surface area contributed by atoms with Crippen LogP contribution in [0, 0.1) is 29.1 Å². The molecule has 3 aliphatic rings. The molecule has 4 unspecified atom stereocenters. The Kier molecular flexibility index (Phi) is 16.5. The van der Waals surface area contributed by atoms with Crippen LogP contribution in [0.4, 0.5) is 5.69 Å². The molecular formula is C44H70N8O9. The number of rotatable bonds is 12. The monoisotopic (exact) mass is 855 g/mol. The van der Waals surface area contributed by atoms with Crippen LogP contribution in [0.25, 0.3) is 11.3 Å². The number of hydrogen-bond acceptors (Lipinski definition) is 16. The quantitative estimate of drug-likeness (QED) is 0.0791. The Morgan fingerprint density at radius 1 is 1.13 bits per heavy atom. The minimum atomic E-state index is -1.27. The summed E-state index contributed by atoms with van der Waals surface area (Å²) in [5.41, 5.74) is 6.01. The number of anilines is 1. The lowest BCUT2D eigenvalue weighted by Gasteiger charge is -2.47. The number of nitrogens with two attached hydrogens (primary N) is 1. The van der Waals surface area contributed by atoms with Crippen LogP contribution >= 0.6 is 0 Å². The number of nitrogens with one attached hydrogen (secondary N) is 1. The van der Waals surface area contributed by atoms with Gasteiger partial charge >= 0.3 is 5.97 Å². The SMILES string of the molecule is CC[C@H]1OC(=O)[C@H](C)C(=O)[C@H](C)[C@@H](O[C@@H]2OC(C)CC(N(C)CC#N)C2O)[C@](C)(OC)C[C@@H](C)CN[C@H](C)[C@H]2N(CCCCn3cc(-c4cccc(N)c4)nn3)C(O)O[C@]12C. The second-order valence-electron chi connectivity index (χ2n) is 18.0. The fourth-order valence-electron chi connectivity index (χ4n) is 9.77. The Morgan fingerprint density at radius 3 is 2.52 bits per heavy atom. The highest BCUT2D eigenvalue weighted by atomic mass is 16.7. The van der Waals surface area contributed by atoms with Crippen LogP contribution in [0.3, 0.4) is 0 Å². The van der Waals surface area contributed by atoms with Gasteiger partial charge in [-0.05, 0) is 98.4 Å². The summed E-state index contributed by atoms with van der Waals surface area (Å²) in [5.74, 6) is -3.25. The lowest BCUT2D eigenvalue weighted by molar-refractivity contribution is -0.295. The van der Waals surface area contributed by atoms with Crippen molar-refractivity contribution in [2.45, 2.75) is 160 Å². The van der Waals surface area contributed by atoms with Crippen molar-refractivity contribution >= 4 is 17.4 Å². The van der Waals surface area contributed by atoms with E-state index < -0.39 is 77.9 Å². The van der Waals surface area contributed by atoms with E-state index in [1.165, 1.54) is 6.92 Å². The van der Waals surface area contributed by atoms with Crippen LogP contribution in [0.1, 0.15) is 87.5 Å². The van der Waals surface area contributed by atoms with Crippen LogP contribution in [0.2, 0.25) is 0 Å². The lowest BCUT2D eigenvalue weighted by atomic mass is 9.78. The first kappa shape index (κ1) is 48.5. The van der Waals surface area contributed by atoms with Gasteiger partial charge in [-0.2, -0.15) is 5.26 Å². The van der Waals surface area contributed by atoms with Crippen LogP contribution in [-0.4, -0.2) is 147 Å². The molecule has 14 atom stereocenters. The maximum Gasteiger partial charge on any atom is 0.316 e. The van der Waals surface area contributed by atoms with Gasteiger partial charge in [0, 0.05) is 49.5 Å². The molecule has 0 saturated carbocycles. The molecule has 0 bridgehead atoms. The average molecular weight is 855 g/mol. The van der Waals surface area contributed by atoms with E-state index in [1.54, 1.807) is 30.7 Å². The summed E-state index contributed by atoms with van der Waals surface area (Å²) in [6.07, 6.45) is -0.988. The Morgan fingerprint density at radius 2 is 1.85 bits per heavy atom. The molecule has 17 nitrogen and oxygen atoms in total. The fraction of sp³-hybridized carbons (Fsp3) is 0.750. The molecule has 2 aromatic rings. The maximum atomic E-state index is 14.4. The van der Waals surface area contributed by atoms with E-state index in [-0.39, 0.29) is 24.6 Å². The molecule has 0 spiro atoms.